The second-order valence-electron chi connectivity index (χ2n) is 7.53. The minimum Gasteiger partial charge on any atom is -0.481 e. The van der Waals surface area contributed by atoms with E-state index in [0.717, 1.165) is 24.9 Å². The molecular weight excluding hydrogens is 360 g/mol. The number of fused-ring (bicyclic) bond motifs is 1. The molecule has 1 aromatic carbocycles. The Morgan fingerprint density at radius 1 is 1.25 bits per heavy atom. The second-order valence-corrected chi connectivity index (χ2v) is 7.53. The Morgan fingerprint density at radius 2 is 1.93 bits per heavy atom. The summed E-state index contributed by atoms with van der Waals surface area (Å²) in [6.45, 7) is 2.07. The van der Waals surface area contributed by atoms with E-state index in [1.165, 1.54) is 26.2 Å². The molecule has 1 aliphatic rings. The van der Waals surface area contributed by atoms with Crippen LogP contribution >= 0.6 is 0 Å². The molecule has 8 nitrogen and oxygen atoms in total. The summed E-state index contributed by atoms with van der Waals surface area (Å²) in [6.07, 6.45) is 5.99. The van der Waals surface area contributed by atoms with Gasteiger partial charge in [-0.1, -0.05) is 37.5 Å². The molecule has 8 heteroatoms. The fraction of sp³-hybridized carbons (Fsp3) is 0.500. The molecule has 2 aromatic rings. The lowest BCUT2D eigenvalue weighted by molar-refractivity contribution is -0.144. The Bertz CT molecular complexity index is 885. The number of aromatic nitrogens is 2. The normalized spacial score (nSPS) is 17.2. The van der Waals surface area contributed by atoms with E-state index >= 15 is 0 Å². The predicted molar refractivity (Wildman–Crippen MR) is 104 cm³/mol. The quantitative estimate of drug-likeness (QED) is 0.670. The maximum atomic E-state index is 12.8. The Labute approximate surface area is 163 Å². The van der Waals surface area contributed by atoms with Crippen molar-refractivity contribution in [3.05, 3.63) is 30.0 Å². The SMILES string of the molecule is C[C@@H](C(=O)O)[C@H](NC(=O)c1nn(CC2CCCCC2)c2ccccc12)C(N)=O. The summed E-state index contributed by atoms with van der Waals surface area (Å²) in [4.78, 5) is 35.7. The van der Waals surface area contributed by atoms with E-state index in [1.807, 2.05) is 22.9 Å². The maximum Gasteiger partial charge on any atom is 0.308 e. The summed E-state index contributed by atoms with van der Waals surface area (Å²) in [7, 11) is 0. The molecule has 0 radical (unpaired) electrons. The summed E-state index contributed by atoms with van der Waals surface area (Å²) < 4.78 is 1.85. The van der Waals surface area contributed by atoms with Gasteiger partial charge in [-0.05, 0) is 31.7 Å². The summed E-state index contributed by atoms with van der Waals surface area (Å²) >= 11 is 0. The third-order valence-electron chi connectivity index (χ3n) is 5.51. The first-order chi connectivity index (χ1) is 13.4. The van der Waals surface area contributed by atoms with E-state index in [0.29, 0.717) is 11.3 Å². The van der Waals surface area contributed by atoms with Crippen molar-refractivity contribution in [2.45, 2.75) is 51.6 Å². The molecule has 0 aliphatic heterocycles. The number of aliphatic carboxylic acids is 1. The Balaban J connectivity index is 1.88. The minimum absolute atomic E-state index is 0.176. The number of carboxylic acids is 1. The van der Waals surface area contributed by atoms with Crippen molar-refractivity contribution in [2.75, 3.05) is 0 Å². The number of nitrogens with zero attached hydrogens (tertiary/aromatic N) is 2. The van der Waals surface area contributed by atoms with E-state index in [-0.39, 0.29) is 5.69 Å². The van der Waals surface area contributed by atoms with Crippen molar-refractivity contribution >= 4 is 28.7 Å². The van der Waals surface area contributed by atoms with Crippen LogP contribution < -0.4 is 11.1 Å². The third-order valence-corrected chi connectivity index (χ3v) is 5.51. The first-order valence-electron chi connectivity index (χ1n) is 9.67. The highest BCUT2D eigenvalue weighted by Gasteiger charge is 2.31. The van der Waals surface area contributed by atoms with E-state index in [4.69, 9.17) is 10.8 Å². The molecule has 1 saturated carbocycles. The zero-order valence-electron chi connectivity index (χ0n) is 15.9. The minimum atomic E-state index is -1.31. The van der Waals surface area contributed by atoms with Crippen molar-refractivity contribution in [3.8, 4) is 0 Å². The van der Waals surface area contributed by atoms with Gasteiger partial charge in [0.15, 0.2) is 5.69 Å². The van der Waals surface area contributed by atoms with Crippen LogP contribution in [-0.4, -0.2) is 38.7 Å². The summed E-state index contributed by atoms with van der Waals surface area (Å²) in [5, 5.41) is 16.8. The van der Waals surface area contributed by atoms with Crippen LogP contribution in [0.2, 0.25) is 0 Å². The standard InChI is InChI=1S/C20H26N4O4/c1-12(20(27)28)16(18(21)25)22-19(26)17-14-9-5-6-10-15(14)24(23-17)11-13-7-3-2-4-8-13/h5-6,9-10,12-13,16H,2-4,7-8,11H2,1H3,(H2,21,25)(H,22,26)(H,27,28)/t12-,16+/m1/s1. The van der Waals surface area contributed by atoms with Gasteiger partial charge >= 0.3 is 5.97 Å². The summed E-state index contributed by atoms with van der Waals surface area (Å²) in [6, 6.07) is 6.10. The number of carbonyl (C=O) groups is 3. The number of para-hydroxylation sites is 1. The molecule has 28 heavy (non-hydrogen) atoms. The second kappa shape index (κ2) is 8.41. The van der Waals surface area contributed by atoms with Crippen molar-refractivity contribution < 1.29 is 19.5 Å². The molecule has 0 unspecified atom stereocenters. The largest absolute Gasteiger partial charge is 0.481 e. The fourth-order valence-electron chi connectivity index (χ4n) is 3.84. The van der Waals surface area contributed by atoms with Gasteiger partial charge in [-0.3, -0.25) is 19.1 Å². The molecule has 0 spiro atoms. The molecule has 2 atom stereocenters. The molecule has 4 N–H and O–H groups in total. The van der Waals surface area contributed by atoms with Crippen LogP contribution in [0.1, 0.15) is 49.5 Å². The number of amides is 2. The number of nitrogens with two attached hydrogens (primary N) is 1. The molecular formula is C20H26N4O4. The number of benzene rings is 1. The van der Waals surface area contributed by atoms with Crippen LogP contribution in [0.3, 0.4) is 0 Å². The number of carbonyl (C=O) groups excluding carboxylic acids is 2. The van der Waals surface area contributed by atoms with Gasteiger partial charge in [-0.15, -0.1) is 0 Å². The van der Waals surface area contributed by atoms with Gasteiger partial charge in [0.25, 0.3) is 5.91 Å². The highest BCUT2D eigenvalue weighted by molar-refractivity contribution is 6.06. The number of hydrogen-bond donors (Lipinski definition) is 3. The van der Waals surface area contributed by atoms with Gasteiger partial charge in [0.05, 0.1) is 11.4 Å². The summed E-state index contributed by atoms with van der Waals surface area (Å²) in [5.74, 6) is -3.32. The lowest BCUT2D eigenvalue weighted by Crippen LogP contribution is -2.50. The van der Waals surface area contributed by atoms with Crippen LogP contribution in [0.4, 0.5) is 0 Å². The van der Waals surface area contributed by atoms with Crippen LogP contribution in [0.25, 0.3) is 10.9 Å². The van der Waals surface area contributed by atoms with Gasteiger partial charge in [0, 0.05) is 11.9 Å². The number of hydrogen-bond acceptors (Lipinski definition) is 4. The van der Waals surface area contributed by atoms with Crippen molar-refractivity contribution in [2.24, 2.45) is 17.6 Å². The smallest absolute Gasteiger partial charge is 0.308 e. The molecule has 1 fully saturated rings. The lowest BCUT2D eigenvalue weighted by atomic mass is 9.89. The molecule has 1 aromatic heterocycles. The van der Waals surface area contributed by atoms with Crippen LogP contribution in [0.5, 0.6) is 0 Å². The van der Waals surface area contributed by atoms with Crippen LogP contribution in [-0.2, 0) is 16.1 Å². The number of carboxylic acid groups (broad SMARTS) is 1. The van der Waals surface area contributed by atoms with E-state index in [9.17, 15) is 14.4 Å². The Kier molecular flexibility index (Phi) is 5.96. The number of nitrogens with one attached hydrogen (secondary N) is 1. The third kappa shape index (κ3) is 4.16. The molecule has 150 valence electrons. The first-order valence-corrected chi connectivity index (χ1v) is 9.67. The summed E-state index contributed by atoms with van der Waals surface area (Å²) in [5.41, 5.74) is 6.32. The van der Waals surface area contributed by atoms with E-state index in [1.54, 1.807) is 6.07 Å². The van der Waals surface area contributed by atoms with E-state index in [2.05, 4.69) is 10.4 Å². The lowest BCUT2D eigenvalue weighted by Gasteiger charge is -2.21. The molecule has 3 rings (SSSR count). The number of rotatable bonds is 7. The number of primary amides is 1. The highest BCUT2D eigenvalue weighted by Crippen LogP contribution is 2.27. The molecule has 0 saturated heterocycles. The van der Waals surface area contributed by atoms with E-state index < -0.39 is 29.7 Å². The highest BCUT2D eigenvalue weighted by atomic mass is 16.4. The zero-order valence-corrected chi connectivity index (χ0v) is 15.9. The zero-order chi connectivity index (χ0) is 20.3. The maximum absolute atomic E-state index is 12.8. The predicted octanol–water partition coefficient (Wildman–Crippen LogP) is 1.92. The molecule has 1 heterocycles. The topological polar surface area (TPSA) is 127 Å². The van der Waals surface area contributed by atoms with Gasteiger partial charge < -0.3 is 16.2 Å². The average Bonchev–Trinajstić information content (AvgIpc) is 3.04. The van der Waals surface area contributed by atoms with Gasteiger partial charge in [0.2, 0.25) is 5.91 Å². The fourth-order valence-corrected chi connectivity index (χ4v) is 3.84. The Morgan fingerprint density at radius 3 is 2.57 bits per heavy atom. The average molecular weight is 386 g/mol. The Hall–Kier alpha value is -2.90. The van der Waals surface area contributed by atoms with Gasteiger partial charge in [-0.2, -0.15) is 5.10 Å². The molecule has 1 aliphatic carbocycles. The van der Waals surface area contributed by atoms with Crippen molar-refractivity contribution in [1.82, 2.24) is 15.1 Å². The van der Waals surface area contributed by atoms with Gasteiger partial charge in [-0.25, -0.2) is 0 Å². The van der Waals surface area contributed by atoms with Crippen LogP contribution in [0, 0.1) is 11.8 Å². The monoisotopic (exact) mass is 386 g/mol. The molecule has 0 bridgehead atoms. The molecule has 2 amide bonds. The van der Waals surface area contributed by atoms with Gasteiger partial charge in [0.1, 0.15) is 6.04 Å². The van der Waals surface area contributed by atoms with Crippen molar-refractivity contribution in [3.63, 3.8) is 0 Å². The first kappa shape index (κ1) is 19.9. The van der Waals surface area contributed by atoms with Crippen LogP contribution in [0.15, 0.2) is 24.3 Å². The van der Waals surface area contributed by atoms with Crippen molar-refractivity contribution in [1.29, 1.82) is 0 Å².